The topological polar surface area (TPSA) is 75.9 Å². The molecular formula is C15H21N3O3. The Balaban J connectivity index is 1.90. The molecule has 2 N–H and O–H groups in total. The maximum absolute atomic E-state index is 12.4. The number of piperazine rings is 1. The number of nitrogens with zero attached hydrogens (tertiary/aromatic N) is 2. The van der Waals surface area contributed by atoms with Crippen molar-refractivity contribution in [2.75, 3.05) is 32.8 Å². The van der Waals surface area contributed by atoms with Crippen molar-refractivity contribution in [1.82, 2.24) is 9.80 Å². The summed E-state index contributed by atoms with van der Waals surface area (Å²) in [4.78, 5) is 27.3. The fraction of sp³-hybridized carbons (Fsp3) is 0.467. The van der Waals surface area contributed by atoms with E-state index in [2.05, 4.69) is 0 Å². The molecule has 1 aromatic rings. The SMILES string of the molecule is CCOC(=O)N1CCN(C(=O)C(N)c2ccccc2)CC1. The molecule has 0 spiro atoms. The highest BCUT2D eigenvalue weighted by Gasteiger charge is 2.28. The van der Waals surface area contributed by atoms with E-state index in [0.717, 1.165) is 5.56 Å². The molecule has 6 nitrogen and oxygen atoms in total. The average Bonchev–Trinajstić information content (AvgIpc) is 2.54. The third-order valence-electron chi connectivity index (χ3n) is 3.54. The Kier molecular flexibility index (Phi) is 5.16. The largest absolute Gasteiger partial charge is 0.450 e. The van der Waals surface area contributed by atoms with Gasteiger partial charge in [0, 0.05) is 26.2 Å². The monoisotopic (exact) mass is 291 g/mol. The molecule has 1 aliphatic heterocycles. The molecule has 21 heavy (non-hydrogen) atoms. The smallest absolute Gasteiger partial charge is 0.409 e. The van der Waals surface area contributed by atoms with E-state index in [0.29, 0.717) is 32.8 Å². The van der Waals surface area contributed by atoms with E-state index in [1.54, 1.807) is 16.7 Å². The van der Waals surface area contributed by atoms with Gasteiger partial charge in [0.15, 0.2) is 0 Å². The summed E-state index contributed by atoms with van der Waals surface area (Å²) in [7, 11) is 0. The zero-order valence-corrected chi connectivity index (χ0v) is 12.2. The van der Waals surface area contributed by atoms with Gasteiger partial charge in [0.05, 0.1) is 6.61 Å². The Hall–Kier alpha value is -2.08. The number of nitrogens with two attached hydrogens (primary N) is 1. The third-order valence-corrected chi connectivity index (χ3v) is 3.54. The third kappa shape index (κ3) is 3.72. The molecule has 1 fully saturated rings. The van der Waals surface area contributed by atoms with Gasteiger partial charge in [0.2, 0.25) is 5.91 Å². The summed E-state index contributed by atoms with van der Waals surface area (Å²) in [5, 5.41) is 0. The van der Waals surface area contributed by atoms with Crippen LogP contribution in [0.5, 0.6) is 0 Å². The summed E-state index contributed by atoms with van der Waals surface area (Å²) < 4.78 is 4.95. The lowest BCUT2D eigenvalue weighted by molar-refractivity contribution is -0.134. The normalized spacial score (nSPS) is 16.5. The number of carbonyl (C=O) groups is 2. The number of hydrogen-bond acceptors (Lipinski definition) is 4. The van der Waals surface area contributed by atoms with E-state index in [9.17, 15) is 9.59 Å². The standard InChI is InChI=1S/C15H21N3O3/c1-2-21-15(20)18-10-8-17(9-11-18)14(19)13(16)12-6-4-3-5-7-12/h3-7,13H,2,8-11,16H2,1H3. The number of rotatable bonds is 3. The van der Waals surface area contributed by atoms with Gasteiger partial charge in [0.1, 0.15) is 6.04 Å². The molecule has 0 radical (unpaired) electrons. The summed E-state index contributed by atoms with van der Waals surface area (Å²) in [6, 6.07) is 8.65. The fourth-order valence-corrected chi connectivity index (χ4v) is 2.32. The minimum Gasteiger partial charge on any atom is -0.450 e. The zero-order valence-electron chi connectivity index (χ0n) is 12.2. The van der Waals surface area contributed by atoms with Crippen LogP contribution in [-0.2, 0) is 9.53 Å². The molecule has 1 heterocycles. The van der Waals surface area contributed by atoms with Crippen LogP contribution < -0.4 is 5.73 Å². The highest BCUT2D eigenvalue weighted by molar-refractivity contribution is 5.83. The average molecular weight is 291 g/mol. The van der Waals surface area contributed by atoms with E-state index < -0.39 is 6.04 Å². The van der Waals surface area contributed by atoms with Crippen LogP contribution in [0.25, 0.3) is 0 Å². The summed E-state index contributed by atoms with van der Waals surface area (Å²) in [6.07, 6.45) is -0.322. The first-order valence-electron chi connectivity index (χ1n) is 7.14. The van der Waals surface area contributed by atoms with Gasteiger partial charge in [-0.2, -0.15) is 0 Å². The highest BCUT2D eigenvalue weighted by atomic mass is 16.6. The van der Waals surface area contributed by atoms with Crippen LogP contribution in [0.15, 0.2) is 30.3 Å². The Morgan fingerprint density at radius 2 is 1.71 bits per heavy atom. The van der Waals surface area contributed by atoms with Crippen LogP contribution in [-0.4, -0.2) is 54.6 Å². The van der Waals surface area contributed by atoms with E-state index >= 15 is 0 Å². The maximum Gasteiger partial charge on any atom is 0.409 e. The first kappa shape index (κ1) is 15.3. The molecule has 114 valence electrons. The fourth-order valence-electron chi connectivity index (χ4n) is 2.32. The summed E-state index contributed by atoms with van der Waals surface area (Å²) in [5.74, 6) is -0.107. The van der Waals surface area contributed by atoms with Crippen LogP contribution in [0, 0.1) is 0 Å². The number of carbonyl (C=O) groups excluding carboxylic acids is 2. The van der Waals surface area contributed by atoms with Crippen LogP contribution in [0.2, 0.25) is 0 Å². The molecule has 1 aromatic carbocycles. The Morgan fingerprint density at radius 1 is 1.14 bits per heavy atom. The Morgan fingerprint density at radius 3 is 2.29 bits per heavy atom. The van der Waals surface area contributed by atoms with Crippen molar-refractivity contribution in [3.05, 3.63) is 35.9 Å². The molecule has 6 heteroatoms. The van der Waals surface area contributed by atoms with Crippen LogP contribution in [0.3, 0.4) is 0 Å². The Bertz CT molecular complexity index is 484. The maximum atomic E-state index is 12.4. The molecular weight excluding hydrogens is 270 g/mol. The van der Waals surface area contributed by atoms with E-state index in [4.69, 9.17) is 10.5 Å². The van der Waals surface area contributed by atoms with Crippen molar-refractivity contribution in [2.45, 2.75) is 13.0 Å². The molecule has 0 bridgehead atoms. The minimum absolute atomic E-state index is 0.107. The van der Waals surface area contributed by atoms with Crippen molar-refractivity contribution in [2.24, 2.45) is 5.73 Å². The number of ether oxygens (including phenoxy) is 1. The molecule has 0 aromatic heterocycles. The van der Waals surface area contributed by atoms with Gasteiger partial charge in [-0.3, -0.25) is 4.79 Å². The lowest BCUT2D eigenvalue weighted by Gasteiger charge is -2.35. The number of amides is 2. The molecule has 1 unspecified atom stereocenters. The van der Waals surface area contributed by atoms with E-state index in [1.165, 1.54) is 0 Å². The quantitative estimate of drug-likeness (QED) is 0.901. The summed E-state index contributed by atoms with van der Waals surface area (Å²) in [6.45, 7) is 4.06. The predicted octanol–water partition coefficient (Wildman–Crippen LogP) is 0.987. The second-order valence-electron chi connectivity index (χ2n) is 4.90. The van der Waals surface area contributed by atoms with Gasteiger partial charge < -0.3 is 20.3 Å². The lowest BCUT2D eigenvalue weighted by atomic mass is 10.1. The molecule has 1 saturated heterocycles. The van der Waals surface area contributed by atoms with Gasteiger partial charge in [-0.15, -0.1) is 0 Å². The Labute approximate surface area is 124 Å². The van der Waals surface area contributed by atoms with Crippen molar-refractivity contribution < 1.29 is 14.3 Å². The van der Waals surface area contributed by atoms with Crippen LogP contribution >= 0.6 is 0 Å². The number of hydrogen-bond donors (Lipinski definition) is 1. The molecule has 0 aliphatic carbocycles. The lowest BCUT2D eigenvalue weighted by Crippen LogP contribution is -2.52. The first-order chi connectivity index (χ1) is 10.1. The van der Waals surface area contributed by atoms with Crippen molar-refractivity contribution in [3.63, 3.8) is 0 Å². The summed E-state index contributed by atoms with van der Waals surface area (Å²) in [5.41, 5.74) is 6.82. The van der Waals surface area contributed by atoms with Crippen LogP contribution in [0.4, 0.5) is 4.79 Å². The second-order valence-corrected chi connectivity index (χ2v) is 4.90. The van der Waals surface area contributed by atoms with Crippen molar-refractivity contribution in [3.8, 4) is 0 Å². The molecule has 2 rings (SSSR count). The van der Waals surface area contributed by atoms with E-state index in [1.807, 2.05) is 30.3 Å². The van der Waals surface area contributed by atoms with Crippen LogP contribution in [0.1, 0.15) is 18.5 Å². The van der Waals surface area contributed by atoms with Gasteiger partial charge >= 0.3 is 6.09 Å². The van der Waals surface area contributed by atoms with Crippen molar-refractivity contribution in [1.29, 1.82) is 0 Å². The summed E-state index contributed by atoms with van der Waals surface area (Å²) >= 11 is 0. The van der Waals surface area contributed by atoms with Gasteiger partial charge in [0.25, 0.3) is 0 Å². The highest BCUT2D eigenvalue weighted by Crippen LogP contribution is 2.14. The first-order valence-corrected chi connectivity index (χ1v) is 7.14. The van der Waals surface area contributed by atoms with E-state index in [-0.39, 0.29) is 12.0 Å². The van der Waals surface area contributed by atoms with Gasteiger partial charge in [-0.25, -0.2) is 4.79 Å². The molecule has 0 saturated carbocycles. The van der Waals surface area contributed by atoms with Gasteiger partial charge in [-0.1, -0.05) is 30.3 Å². The minimum atomic E-state index is -0.652. The molecule has 1 aliphatic rings. The molecule has 2 amide bonds. The zero-order chi connectivity index (χ0) is 15.2. The number of benzene rings is 1. The van der Waals surface area contributed by atoms with Crippen molar-refractivity contribution >= 4 is 12.0 Å². The van der Waals surface area contributed by atoms with Gasteiger partial charge in [-0.05, 0) is 12.5 Å². The predicted molar refractivity (Wildman–Crippen MR) is 78.5 cm³/mol. The molecule has 1 atom stereocenters. The second kappa shape index (κ2) is 7.08.